The number of nitrogens with one attached hydrogen (secondary N) is 1. The smallest absolute Gasteiger partial charge is 0.254 e. The molecule has 0 aromatic heterocycles. The van der Waals surface area contributed by atoms with Gasteiger partial charge >= 0.3 is 0 Å². The van der Waals surface area contributed by atoms with Gasteiger partial charge in [-0.1, -0.05) is 36.4 Å². The summed E-state index contributed by atoms with van der Waals surface area (Å²) in [5.74, 6) is -0.167. The minimum Gasteiger partial charge on any atom is -0.372 e. The van der Waals surface area contributed by atoms with Gasteiger partial charge in [-0.3, -0.25) is 4.79 Å². The van der Waals surface area contributed by atoms with Gasteiger partial charge in [-0.2, -0.15) is 0 Å². The van der Waals surface area contributed by atoms with E-state index in [1.165, 1.54) is 12.1 Å². The standard InChI is InChI=1S/C21H26N2O4S/c1-15-9-10-19(28(25,26)22-12-18-7-5-4-6-8-18)11-20(15)21(24)23-13-16(2)27-17(3)14-23/h4-11,16-17,22H,12-14H2,1-3H3/t16-,17+. The third-order valence-corrected chi connectivity index (χ3v) is 6.16. The number of carbonyl (C=O) groups excluding carboxylic acids is 1. The second-order valence-corrected chi connectivity index (χ2v) is 9.02. The van der Waals surface area contributed by atoms with E-state index in [9.17, 15) is 13.2 Å². The number of rotatable bonds is 5. The minimum absolute atomic E-state index is 0.0486. The number of benzene rings is 2. The Balaban J connectivity index is 1.81. The van der Waals surface area contributed by atoms with Crippen molar-refractivity contribution in [2.75, 3.05) is 13.1 Å². The number of carbonyl (C=O) groups is 1. The molecule has 1 heterocycles. The molecule has 3 rings (SSSR count). The van der Waals surface area contributed by atoms with Gasteiger partial charge in [-0.25, -0.2) is 13.1 Å². The van der Waals surface area contributed by atoms with E-state index < -0.39 is 10.0 Å². The molecule has 1 aliphatic heterocycles. The van der Waals surface area contributed by atoms with E-state index in [-0.39, 0.29) is 29.6 Å². The predicted molar refractivity (Wildman–Crippen MR) is 108 cm³/mol. The van der Waals surface area contributed by atoms with Crippen LogP contribution in [-0.4, -0.2) is 44.5 Å². The second-order valence-electron chi connectivity index (χ2n) is 7.25. The summed E-state index contributed by atoms with van der Waals surface area (Å²) in [7, 11) is -3.73. The van der Waals surface area contributed by atoms with Crippen molar-refractivity contribution in [1.29, 1.82) is 0 Å². The molecule has 1 aliphatic rings. The molecule has 0 aliphatic carbocycles. The Morgan fingerprint density at radius 1 is 1.11 bits per heavy atom. The molecule has 7 heteroatoms. The van der Waals surface area contributed by atoms with Gasteiger partial charge in [-0.05, 0) is 44.0 Å². The SMILES string of the molecule is Cc1ccc(S(=O)(=O)NCc2ccccc2)cc1C(=O)N1C[C@@H](C)O[C@@H](C)C1. The average molecular weight is 403 g/mol. The van der Waals surface area contributed by atoms with Crippen molar-refractivity contribution in [2.24, 2.45) is 0 Å². The molecule has 1 amide bonds. The number of nitrogens with zero attached hydrogens (tertiary/aromatic N) is 1. The summed E-state index contributed by atoms with van der Waals surface area (Å²) in [6, 6.07) is 14.0. The normalized spacial score (nSPS) is 20.2. The van der Waals surface area contributed by atoms with Crippen LogP contribution in [0.25, 0.3) is 0 Å². The van der Waals surface area contributed by atoms with Crippen LogP contribution >= 0.6 is 0 Å². The summed E-state index contributed by atoms with van der Waals surface area (Å²) >= 11 is 0. The van der Waals surface area contributed by atoms with Gasteiger partial charge in [0.2, 0.25) is 10.0 Å². The summed E-state index contributed by atoms with van der Waals surface area (Å²) in [5, 5.41) is 0. The quantitative estimate of drug-likeness (QED) is 0.834. The highest BCUT2D eigenvalue weighted by Crippen LogP contribution is 2.20. The van der Waals surface area contributed by atoms with E-state index in [4.69, 9.17) is 4.74 Å². The number of hydrogen-bond donors (Lipinski definition) is 1. The molecule has 0 radical (unpaired) electrons. The van der Waals surface area contributed by atoms with E-state index >= 15 is 0 Å². The zero-order valence-corrected chi connectivity index (χ0v) is 17.2. The third-order valence-electron chi connectivity index (χ3n) is 4.77. The first-order chi connectivity index (χ1) is 13.3. The van der Waals surface area contributed by atoms with Crippen molar-refractivity contribution in [3.05, 3.63) is 65.2 Å². The van der Waals surface area contributed by atoms with Gasteiger partial charge in [-0.15, -0.1) is 0 Å². The molecule has 6 nitrogen and oxygen atoms in total. The largest absolute Gasteiger partial charge is 0.372 e. The predicted octanol–water partition coefficient (Wildman–Crippen LogP) is 2.72. The number of morpholine rings is 1. The van der Waals surface area contributed by atoms with Gasteiger partial charge in [0.15, 0.2) is 0 Å². The Hall–Kier alpha value is -2.22. The van der Waals surface area contributed by atoms with Gasteiger partial charge < -0.3 is 9.64 Å². The van der Waals surface area contributed by atoms with Crippen LogP contribution in [0, 0.1) is 6.92 Å². The molecule has 0 saturated carbocycles. The first-order valence-corrected chi connectivity index (χ1v) is 10.8. The van der Waals surface area contributed by atoms with Crippen molar-refractivity contribution in [2.45, 2.75) is 44.4 Å². The van der Waals surface area contributed by atoms with Gasteiger partial charge in [0.1, 0.15) is 0 Å². The van der Waals surface area contributed by atoms with E-state index in [1.54, 1.807) is 11.0 Å². The van der Waals surface area contributed by atoms with Crippen molar-refractivity contribution in [3.63, 3.8) is 0 Å². The molecule has 1 N–H and O–H groups in total. The number of sulfonamides is 1. The third kappa shape index (κ3) is 4.79. The summed E-state index contributed by atoms with van der Waals surface area (Å²) in [6.07, 6.45) is -0.0973. The fourth-order valence-corrected chi connectivity index (χ4v) is 4.41. The maximum atomic E-state index is 13.0. The van der Waals surface area contributed by atoms with Crippen LogP contribution in [0.2, 0.25) is 0 Å². The van der Waals surface area contributed by atoms with E-state index in [0.29, 0.717) is 18.7 Å². The van der Waals surface area contributed by atoms with Crippen molar-refractivity contribution in [1.82, 2.24) is 9.62 Å². The molecule has 1 saturated heterocycles. The fraction of sp³-hybridized carbons (Fsp3) is 0.381. The first-order valence-electron chi connectivity index (χ1n) is 9.35. The van der Waals surface area contributed by atoms with E-state index in [2.05, 4.69) is 4.72 Å². The fourth-order valence-electron chi connectivity index (χ4n) is 3.37. The highest BCUT2D eigenvalue weighted by atomic mass is 32.2. The maximum absolute atomic E-state index is 13.0. The van der Waals surface area contributed by atoms with Crippen LogP contribution in [0.15, 0.2) is 53.4 Å². The molecule has 0 bridgehead atoms. The minimum atomic E-state index is -3.73. The first kappa shape index (κ1) is 20.5. The number of hydrogen-bond acceptors (Lipinski definition) is 4. The Morgan fingerprint density at radius 3 is 2.39 bits per heavy atom. The summed E-state index contributed by atoms with van der Waals surface area (Å²) in [4.78, 5) is 14.8. The molecule has 28 heavy (non-hydrogen) atoms. The van der Waals surface area contributed by atoms with Crippen LogP contribution in [0.3, 0.4) is 0 Å². The van der Waals surface area contributed by atoms with E-state index in [0.717, 1.165) is 11.1 Å². The molecule has 2 aromatic rings. The Kier molecular flexibility index (Phi) is 6.17. The van der Waals surface area contributed by atoms with Crippen LogP contribution < -0.4 is 4.72 Å². The lowest BCUT2D eigenvalue weighted by molar-refractivity contribution is -0.0586. The van der Waals surface area contributed by atoms with Gasteiger partial charge in [0.05, 0.1) is 17.1 Å². The Morgan fingerprint density at radius 2 is 1.75 bits per heavy atom. The molecule has 150 valence electrons. The monoisotopic (exact) mass is 402 g/mol. The average Bonchev–Trinajstić information content (AvgIpc) is 2.66. The van der Waals surface area contributed by atoms with Gasteiger partial charge in [0.25, 0.3) is 5.91 Å². The Labute approximate surface area is 166 Å². The van der Waals surface area contributed by atoms with Gasteiger partial charge in [0, 0.05) is 25.2 Å². The topological polar surface area (TPSA) is 75.7 Å². The van der Waals surface area contributed by atoms with Crippen LogP contribution in [0.5, 0.6) is 0 Å². The van der Waals surface area contributed by atoms with Crippen molar-refractivity contribution in [3.8, 4) is 0 Å². The molecule has 1 fully saturated rings. The van der Waals surface area contributed by atoms with Crippen LogP contribution in [0.1, 0.15) is 35.3 Å². The number of aryl methyl sites for hydroxylation is 1. The highest BCUT2D eigenvalue weighted by Gasteiger charge is 2.28. The summed E-state index contributed by atoms with van der Waals surface area (Å²) in [6.45, 7) is 6.85. The molecule has 0 spiro atoms. The molecule has 2 aromatic carbocycles. The van der Waals surface area contributed by atoms with E-state index in [1.807, 2.05) is 51.1 Å². The lowest BCUT2D eigenvalue weighted by atomic mass is 10.1. The van der Waals surface area contributed by atoms with Crippen LogP contribution in [0.4, 0.5) is 0 Å². The number of ether oxygens (including phenoxy) is 1. The van der Waals surface area contributed by atoms with Crippen LogP contribution in [-0.2, 0) is 21.3 Å². The zero-order chi connectivity index (χ0) is 20.3. The Bertz CT molecular complexity index is 934. The maximum Gasteiger partial charge on any atom is 0.254 e. The second kappa shape index (κ2) is 8.43. The molecule has 2 atom stereocenters. The summed E-state index contributed by atoms with van der Waals surface area (Å²) in [5.41, 5.74) is 2.02. The van der Waals surface area contributed by atoms with Crippen molar-refractivity contribution >= 4 is 15.9 Å². The lowest BCUT2D eigenvalue weighted by Gasteiger charge is -2.35. The summed E-state index contributed by atoms with van der Waals surface area (Å²) < 4.78 is 33.7. The zero-order valence-electron chi connectivity index (χ0n) is 16.4. The highest BCUT2D eigenvalue weighted by molar-refractivity contribution is 7.89. The van der Waals surface area contributed by atoms with Crippen molar-refractivity contribution < 1.29 is 17.9 Å². The molecular weight excluding hydrogens is 376 g/mol. The molecule has 0 unspecified atom stereocenters. The lowest BCUT2D eigenvalue weighted by Crippen LogP contribution is -2.48. The molecular formula is C21H26N2O4S. The number of amides is 1.